The number of rotatable bonds is 10. The average molecular weight is 426 g/mol. The van der Waals surface area contributed by atoms with Crippen LogP contribution in [0, 0.1) is 12.7 Å². The van der Waals surface area contributed by atoms with Gasteiger partial charge in [0.05, 0.1) is 18.9 Å². The third-order valence-electron chi connectivity index (χ3n) is 5.05. The van der Waals surface area contributed by atoms with Crippen molar-refractivity contribution in [3.63, 3.8) is 0 Å². The van der Waals surface area contributed by atoms with E-state index in [1.165, 1.54) is 12.1 Å². The summed E-state index contributed by atoms with van der Waals surface area (Å²) < 4.78 is 29.8. The lowest BCUT2D eigenvalue weighted by Crippen LogP contribution is -2.07. The summed E-state index contributed by atoms with van der Waals surface area (Å²) in [5.74, 6) is 1.53. The van der Waals surface area contributed by atoms with Gasteiger partial charge in [0.1, 0.15) is 17.3 Å². The van der Waals surface area contributed by atoms with E-state index in [9.17, 15) is 9.18 Å². The predicted molar refractivity (Wildman–Crippen MR) is 117 cm³/mol. The Balaban J connectivity index is 1.58. The van der Waals surface area contributed by atoms with Gasteiger partial charge in [0.15, 0.2) is 0 Å². The number of oxazole rings is 1. The fraction of sp³-hybridized carbons (Fsp3) is 0.360. The molecule has 31 heavy (non-hydrogen) atoms. The minimum absolute atomic E-state index is 0.173. The van der Waals surface area contributed by atoms with Gasteiger partial charge in [-0.05, 0) is 74.2 Å². The van der Waals surface area contributed by atoms with E-state index >= 15 is 0 Å². The van der Waals surface area contributed by atoms with Crippen molar-refractivity contribution in [1.29, 1.82) is 0 Å². The maximum absolute atomic E-state index is 13.1. The van der Waals surface area contributed by atoms with Gasteiger partial charge in [0.25, 0.3) is 0 Å². The van der Waals surface area contributed by atoms with E-state index < -0.39 is 0 Å². The Kier molecular flexibility index (Phi) is 7.82. The molecular weight excluding hydrogens is 397 g/mol. The number of aromatic nitrogens is 1. The van der Waals surface area contributed by atoms with E-state index in [0.717, 1.165) is 40.3 Å². The highest BCUT2D eigenvalue weighted by Gasteiger charge is 2.12. The molecule has 1 aromatic heterocycles. The van der Waals surface area contributed by atoms with E-state index in [0.29, 0.717) is 38.4 Å². The monoisotopic (exact) mass is 425 g/mol. The minimum atomic E-state index is -0.293. The summed E-state index contributed by atoms with van der Waals surface area (Å²) in [5, 5.41) is 0. The Labute approximate surface area is 182 Å². The molecule has 3 aromatic rings. The highest BCUT2D eigenvalue weighted by atomic mass is 19.1. The van der Waals surface area contributed by atoms with Crippen LogP contribution in [0.3, 0.4) is 0 Å². The minimum Gasteiger partial charge on any atom is -0.493 e. The molecule has 0 spiro atoms. The van der Waals surface area contributed by atoms with Crippen LogP contribution in [0.2, 0.25) is 0 Å². The molecule has 0 amide bonds. The largest absolute Gasteiger partial charge is 0.493 e. The van der Waals surface area contributed by atoms with Crippen LogP contribution in [-0.2, 0) is 28.8 Å². The smallest absolute Gasteiger partial charge is 0.306 e. The van der Waals surface area contributed by atoms with Crippen LogP contribution in [0.15, 0.2) is 46.9 Å². The van der Waals surface area contributed by atoms with Crippen LogP contribution in [-0.4, -0.2) is 24.2 Å². The third-order valence-corrected chi connectivity index (χ3v) is 5.05. The molecule has 0 atom stereocenters. The van der Waals surface area contributed by atoms with Crippen LogP contribution in [0.4, 0.5) is 4.39 Å². The normalized spacial score (nSPS) is 10.8. The first-order chi connectivity index (χ1) is 15.0. The number of esters is 1. The summed E-state index contributed by atoms with van der Waals surface area (Å²) in [6, 6.07) is 12.0. The molecule has 0 saturated heterocycles. The fourth-order valence-corrected chi connectivity index (χ4v) is 3.38. The van der Waals surface area contributed by atoms with Gasteiger partial charge in [-0.25, -0.2) is 9.37 Å². The number of ether oxygens (including phenoxy) is 2. The number of carbonyl (C=O) groups is 1. The van der Waals surface area contributed by atoms with Gasteiger partial charge in [-0.1, -0.05) is 13.0 Å². The highest BCUT2D eigenvalue weighted by molar-refractivity contribution is 5.69. The lowest BCUT2D eigenvalue weighted by molar-refractivity contribution is -0.143. The van der Waals surface area contributed by atoms with Crippen LogP contribution < -0.4 is 4.74 Å². The molecule has 2 aromatic carbocycles. The maximum Gasteiger partial charge on any atom is 0.306 e. The molecule has 0 aliphatic rings. The summed E-state index contributed by atoms with van der Waals surface area (Å²) >= 11 is 0. The molecule has 0 N–H and O–H groups in total. The van der Waals surface area contributed by atoms with Crippen molar-refractivity contribution in [2.24, 2.45) is 0 Å². The molecule has 3 rings (SSSR count). The number of carbonyl (C=O) groups excluding carboxylic acids is 1. The Hall–Kier alpha value is -3.15. The number of halogens is 1. The van der Waals surface area contributed by atoms with Crippen molar-refractivity contribution in [3.05, 3.63) is 70.9 Å². The van der Waals surface area contributed by atoms with E-state index in [-0.39, 0.29) is 11.8 Å². The van der Waals surface area contributed by atoms with Crippen molar-refractivity contribution in [1.82, 2.24) is 4.98 Å². The molecule has 5 nitrogen and oxygen atoms in total. The van der Waals surface area contributed by atoms with Crippen LogP contribution in [0.1, 0.15) is 42.8 Å². The van der Waals surface area contributed by atoms with Crippen LogP contribution >= 0.6 is 0 Å². The van der Waals surface area contributed by atoms with Gasteiger partial charge in [-0.2, -0.15) is 0 Å². The first-order valence-electron chi connectivity index (χ1n) is 10.6. The summed E-state index contributed by atoms with van der Waals surface area (Å²) in [6.45, 7) is 6.63. The fourth-order valence-electron chi connectivity index (χ4n) is 3.38. The van der Waals surface area contributed by atoms with E-state index in [2.05, 4.69) is 11.9 Å². The SMILES string of the molecule is CCOC(=O)CCc1ccc(OCCc2nc(-c3ccc(F)cc3)oc2C)cc1CC. The van der Waals surface area contributed by atoms with Gasteiger partial charge in [0, 0.05) is 18.4 Å². The molecule has 0 radical (unpaired) electrons. The molecule has 0 aliphatic carbocycles. The molecular formula is C25H28FNO4. The van der Waals surface area contributed by atoms with Gasteiger partial charge < -0.3 is 13.9 Å². The second-order valence-corrected chi connectivity index (χ2v) is 7.22. The van der Waals surface area contributed by atoms with Gasteiger partial charge in [-0.3, -0.25) is 4.79 Å². The van der Waals surface area contributed by atoms with Crippen molar-refractivity contribution in [2.75, 3.05) is 13.2 Å². The van der Waals surface area contributed by atoms with Gasteiger partial charge in [-0.15, -0.1) is 0 Å². The molecule has 164 valence electrons. The maximum atomic E-state index is 13.1. The zero-order valence-corrected chi connectivity index (χ0v) is 18.2. The molecule has 1 heterocycles. The third kappa shape index (κ3) is 6.17. The zero-order valence-electron chi connectivity index (χ0n) is 18.2. The molecule has 0 aliphatic heterocycles. The lowest BCUT2D eigenvalue weighted by atomic mass is 10.0. The Bertz CT molecular complexity index is 1010. The van der Waals surface area contributed by atoms with E-state index in [1.54, 1.807) is 12.1 Å². The van der Waals surface area contributed by atoms with Crippen molar-refractivity contribution in [3.8, 4) is 17.2 Å². The van der Waals surface area contributed by atoms with Gasteiger partial charge >= 0.3 is 5.97 Å². The highest BCUT2D eigenvalue weighted by Crippen LogP contribution is 2.23. The molecule has 0 unspecified atom stereocenters. The quantitative estimate of drug-likeness (QED) is 0.403. The van der Waals surface area contributed by atoms with E-state index in [4.69, 9.17) is 13.9 Å². The van der Waals surface area contributed by atoms with Crippen LogP contribution in [0.5, 0.6) is 5.75 Å². The Morgan fingerprint density at radius 3 is 2.55 bits per heavy atom. The predicted octanol–water partition coefficient (Wildman–Crippen LogP) is 5.47. The lowest BCUT2D eigenvalue weighted by Gasteiger charge is -2.11. The summed E-state index contributed by atoms with van der Waals surface area (Å²) in [6.07, 6.45) is 2.50. The first kappa shape index (κ1) is 22.5. The number of aryl methyl sites for hydroxylation is 3. The second kappa shape index (κ2) is 10.8. The molecule has 0 bridgehead atoms. The zero-order chi connectivity index (χ0) is 22.2. The standard InChI is InChI=1S/C25H28FNO4/c1-4-18-16-22(12-8-19(18)9-13-24(28)29-5-2)30-15-14-23-17(3)31-25(27-23)20-6-10-21(26)11-7-20/h6-8,10-12,16H,4-5,9,13-15H2,1-3H3. The molecule has 0 saturated carbocycles. The number of benzene rings is 2. The summed E-state index contributed by atoms with van der Waals surface area (Å²) in [5.41, 5.74) is 3.86. The summed E-state index contributed by atoms with van der Waals surface area (Å²) in [7, 11) is 0. The Morgan fingerprint density at radius 2 is 1.84 bits per heavy atom. The number of hydrogen-bond donors (Lipinski definition) is 0. The van der Waals surface area contributed by atoms with Crippen molar-refractivity contribution < 1.29 is 23.1 Å². The van der Waals surface area contributed by atoms with Gasteiger partial charge in [0.2, 0.25) is 5.89 Å². The van der Waals surface area contributed by atoms with E-state index in [1.807, 2.05) is 32.0 Å². The second-order valence-electron chi connectivity index (χ2n) is 7.22. The average Bonchev–Trinajstić information content (AvgIpc) is 3.13. The number of hydrogen-bond acceptors (Lipinski definition) is 5. The van der Waals surface area contributed by atoms with Crippen LogP contribution in [0.25, 0.3) is 11.5 Å². The molecule has 0 fully saturated rings. The first-order valence-corrected chi connectivity index (χ1v) is 10.6. The topological polar surface area (TPSA) is 61.6 Å². The van der Waals surface area contributed by atoms with Crippen molar-refractivity contribution in [2.45, 2.75) is 46.5 Å². The molecule has 6 heteroatoms. The van der Waals surface area contributed by atoms with Crippen molar-refractivity contribution >= 4 is 5.97 Å². The summed E-state index contributed by atoms with van der Waals surface area (Å²) in [4.78, 5) is 16.1. The Morgan fingerprint density at radius 1 is 1.06 bits per heavy atom. The number of nitrogens with zero attached hydrogens (tertiary/aromatic N) is 1.